The summed E-state index contributed by atoms with van der Waals surface area (Å²) in [6.45, 7) is 14.1. The first-order valence-corrected chi connectivity index (χ1v) is 14.7. The molecule has 2 aliphatic heterocycles. The number of carbonyl (C=O) groups is 2. The summed E-state index contributed by atoms with van der Waals surface area (Å²) < 4.78 is 4.32. The van der Waals surface area contributed by atoms with Crippen LogP contribution in [0.4, 0.5) is 0 Å². The molecule has 0 atom stereocenters. The van der Waals surface area contributed by atoms with Crippen LogP contribution in [0.2, 0.25) is 0 Å². The van der Waals surface area contributed by atoms with Crippen molar-refractivity contribution in [2.24, 2.45) is 0 Å². The Labute approximate surface area is 241 Å². The second-order valence-corrected chi connectivity index (χ2v) is 11.1. The van der Waals surface area contributed by atoms with Gasteiger partial charge in [-0.05, 0) is 63.5 Å². The maximum atomic E-state index is 14.0. The average Bonchev–Trinajstić information content (AvgIpc) is 3.68. The van der Waals surface area contributed by atoms with E-state index in [-0.39, 0.29) is 11.8 Å². The Morgan fingerprint density at radius 1 is 0.951 bits per heavy atom. The largest absolute Gasteiger partial charge is 0.340 e. The number of aryl methyl sites for hydroxylation is 4. The Morgan fingerprint density at radius 2 is 1.78 bits per heavy atom. The highest BCUT2D eigenvalue weighted by Gasteiger charge is 2.29. The Bertz CT molecular complexity index is 1710. The van der Waals surface area contributed by atoms with Crippen LogP contribution in [0.3, 0.4) is 0 Å². The molecule has 8 heteroatoms. The van der Waals surface area contributed by atoms with Gasteiger partial charge in [-0.15, -0.1) is 0 Å². The van der Waals surface area contributed by atoms with Crippen molar-refractivity contribution < 1.29 is 9.59 Å². The van der Waals surface area contributed by atoms with E-state index in [0.717, 1.165) is 88.4 Å². The monoisotopic (exact) mass is 550 g/mol. The molecule has 0 spiro atoms. The molecular weight excluding hydrogens is 512 g/mol. The Hall–Kier alpha value is -4.20. The third-order valence-corrected chi connectivity index (χ3v) is 8.60. The molecule has 8 nitrogen and oxygen atoms in total. The molecule has 0 N–H and O–H groups in total. The number of hydrogen-bond acceptors (Lipinski definition) is 4. The zero-order chi connectivity index (χ0) is 28.8. The summed E-state index contributed by atoms with van der Waals surface area (Å²) in [7, 11) is 0. The van der Waals surface area contributed by atoms with E-state index in [1.165, 1.54) is 0 Å². The molecule has 5 heterocycles. The zero-order valence-electron chi connectivity index (χ0n) is 24.7. The lowest BCUT2D eigenvalue weighted by Crippen LogP contribution is -2.33. The number of rotatable bonds is 6. The van der Waals surface area contributed by atoms with Gasteiger partial charge in [-0.3, -0.25) is 19.3 Å². The fraction of sp³-hybridized carbons (Fsp3) is 0.394. The SMILES string of the molecule is CCc1ccc(-c2cc(C(=O)N3Cc4cnn(CC)c4C3)cc3cc(C4=CCCN(C(C)=O)C4)n(CC)c23)c(C)n1. The van der Waals surface area contributed by atoms with Crippen molar-refractivity contribution in [1.29, 1.82) is 0 Å². The van der Waals surface area contributed by atoms with Gasteiger partial charge < -0.3 is 14.4 Å². The van der Waals surface area contributed by atoms with Crippen LogP contribution in [0.1, 0.15) is 72.8 Å². The van der Waals surface area contributed by atoms with Crippen LogP contribution in [-0.4, -0.2) is 54.0 Å². The molecule has 0 saturated heterocycles. The maximum Gasteiger partial charge on any atom is 0.254 e. The number of pyridine rings is 1. The van der Waals surface area contributed by atoms with Gasteiger partial charge in [0, 0.05) is 84.4 Å². The second-order valence-electron chi connectivity index (χ2n) is 11.1. The molecule has 3 aromatic heterocycles. The molecule has 0 unspecified atom stereocenters. The standard InChI is InChI=1S/C33H38N6O2/c1-6-27-11-12-28(21(4)35-27)29-15-25(33(41)37-19-26-17-34-39(8-3)31(26)20-37)14-24-16-30(38(7-2)32(24)29)23-10-9-13-36(18-23)22(5)40/h10-12,14-17H,6-9,13,18-20H2,1-5H3. The number of carbonyl (C=O) groups excluding carboxylic acids is 2. The van der Waals surface area contributed by atoms with E-state index in [0.29, 0.717) is 25.2 Å². The predicted octanol–water partition coefficient (Wildman–Crippen LogP) is 5.60. The van der Waals surface area contributed by atoms with Gasteiger partial charge in [0.15, 0.2) is 0 Å². The molecule has 0 bridgehead atoms. The van der Waals surface area contributed by atoms with Gasteiger partial charge in [0.25, 0.3) is 5.91 Å². The van der Waals surface area contributed by atoms with Crippen molar-refractivity contribution in [2.75, 3.05) is 13.1 Å². The molecule has 2 aliphatic rings. The predicted molar refractivity (Wildman–Crippen MR) is 161 cm³/mol. The van der Waals surface area contributed by atoms with E-state index in [4.69, 9.17) is 4.98 Å². The molecule has 0 saturated carbocycles. The Morgan fingerprint density at radius 3 is 2.49 bits per heavy atom. The number of aromatic nitrogens is 4. The molecule has 212 valence electrons. The third-order valence-electron chi connectivity index (χ3n) is 8.60. The van der Waals surface area contributed by atoms with Crippen LogP contribution in [0.25, 0.3) is 27.6 Å². The fourth-order valence-corrected chi connectivity index (χ4v) is 6.44. The minimum atomic E-state index is 0.0215. The van der Waals surface area contributed by atoms with Crippen LogP contribution in [0.15, 0.2) is 42.6 Å². The fourth-order valence-electron chi connectivity index (χ4n) is 6.44. The van der Waals surface area contributed by atoms with Crippen LogP contribution < -0.4 is 0 Å². The highest BCUT2D eigenvalue weighted by Crippen LogP contribution is 2.37. The molecule has 6 rings (SSSR count). The third kappa shape index (κ3) is 4.65. The normalized spacial score (nSPS) is 15.0. The maximum absolute atomic E-state index is 14.0. The number of hydrogen-bond donors (Lipinski definition) is 0. The summed E-state index contributed by atoms with van der Waals surface area (Å²) >= 11 is 0. The van der Waals surface area contributed by atoms with Gasteiger partial charge >= 0.3 is 0 Å². The van der Waals surface area contributed by atoms with Gasteiger partial charge in [-0.25, -0.2) is 0 Å². The van der Waals surface area contributed by atoms with Crippen molar-refractivity contribution >= 4 is 28.3 Å². The van der Waals surface area contributed by atoms with Crippen LogP contribution in [-0.2, 0) is 37.4 Å². The van der Waals surface area contributed by atoms with Gasteiger partial charge in [0.05, 0.1) is 24.0 Å². The summed E-state index contributed by atoms with van der Waals surface area (Å²) in [4.78, 5) is 34.9. The van der Waals surface area contributed by atoms with Gasteiger partial charge in [0.1, 0.15) is 0 Å². The van der Waals surface area contributed by atoms with E-state index < -0.39 is 0 Å². The first-order chi connectivity index (χ1) is 19.8. The first kappa shape index (κ1) is 27.0. The van der Waals surface area contributed by atoms with E-state index >= 15 is 0 Å². The van der Waals surface area contributed by atoms with Crippen molar-refractivity contribution in [3.05, 3.63) is 76.5 Å². The highest BCUT2D eigenvalue weighted by molar-refractivity contribution is 6.05. The molecule has 41 heavy (non-hydrogen) atoms. The van der Waals surface area contributed by atoms with Gasteiger partial charge in [-0.2, -0.15) is 5.10 Å². The van der Waals surface area contributed by atoms with Gasteiger partial charge in [-0.1, -0.05) is 19.1 Å². The van der Waals surface area contributed by atoms with Gasteiger partial charge in [0.2, 0.25) is 5.91 Å². The van der Waals surface area contributed by atoms with Crippen molar-refractivity contribution in [3.8, 4) is 11.1 Å². The van der Waals surface area contributed by atoms with Crippen molar-refractivity contribution in [2.45, 2.75) is 73.6 Å². The molecule has 2 amide bonds. The number of amides is 2. The van der Waals surface area contributed by atoms with E-state index in [9.17, 15) is 9.59 Å². The topological polar surface area (TPSA) is 76.3 Å². The summed E-state index contributed by atoms with van der Waals surface area (Å²) in [5.74, 6) is 0.118. The van der Waals surface area contributed by atoms with Crippen LogP contribution >= 0.6 is 0 Å². The molecule has 0 fully saturated rings. The minimum absolute atomic E-state index is 0.0215. The zero-order valence-corrected chi connectivity index (χ0v) is 24.7. The number of nitrogens with zero attached hydrogens (tertiary/aromatic N) is 6. The smallest absolute Gasteiger partial charge is 0.254 e. The molecule has 4 aromatic rings. The summed E-state index contributed by atoms with van der Waals surface area (Å²) in [5.41, 5.74) is 10.3. The lowest BCUT2D eigenvalue weighted by molar-refractivity contribution is -0.128. The Balaban J connectivity index is 1.50. The lowest BCUT2D eigenvalue weighted by atomic mass is 9.97. The van der Waals surface area contributed by atoms with Crippen LogP contribution in [0, 0.1) is 6.92 Å². The summed E-state index contributed by atoms with van der Waals surface area (Å²) in [6.07, 6.45) is 5.85. The molecular formula is C33H38N6O2. The average molecular weight is 551 g/mol. The van der Waals surface area contributed by atoms with E-state index in [2.05, 4.69) is 67.7 Å². The summed E-state index contributed by atoms with van der Waals surface area (Å²) in [5, 5.41) is 5.49. The molecule has 1 aromatic carbocycles. The van der Waals surface area contributed by atoms with E-state index in [1.54, 1.807) is 6.92 Å². The highest BCUT2D eigenvalue weighted by atomic mass is 16.2. The minimum Gasteiger partial charge on any atom is -0.340 e. The lowest BCUT2D eigenvalue weighted by Gasteiger charge is -2.27. The quantitative estimate of drug-likeness (QED) is 0.313. The van der Waals surface area contributed by atoms with Crippen molar-refractivity contribution in [1.82, 2.24) is 29.1 Å². The summed E-state index contributed by atoms with van der Waals surface area (Å²) in [6, 6.07) is 10.5. The molecule has 0 aliphatic carbocycles. The van der Waals surface area contributed by atoms with Crippen molar-refractivity contribution in [3.63, 3.8) is 0 Å². The first-order valence-electron chi connectivity index (χ1n) is 14.7. The number of benzene rings is 1. The van der Waals surface area contributed by atoms with E-state index in [1.807, 2.05) is 26.7 Å². The second kappa shape index (κ2) is 10.7. The molecule has 0 radical (unpaired) electrons. The number of fused-ring (bicyclic) bond motifs is 2. The Kier molecular flexibility index (Phi) is 7.01. The van der Waals surface area contributed by atoms with Crippen LogP contribution in [0.5, 0.6) is 0 Å².